The highest BCUT2D eigenvalue weighted by atomic mass is 32.2. The average Bonchev–Trinajstić information content (AvgIpc) is 2.95. The van der Waals surface area contributed by atoms with Gasteiger partial charge in [-0.3, -0.25) is 5.73 Å². The van der Waals surface area contributed by atoms with E-state index >= 15 is 0 Å². The normalized spacial score (nSPS) is 35.7. The lowest BCUT2D eigenvalue weighted by Gasteiger charge is -2.24. The molecule has 2 fully saturated rings. The summed E-state index contributed by atoms with van der Waals surface area (Å²) in [4.78, 5) is 3.09. The van der Waals surface area contributed by atoms with Crippen molar-refractivity contribution in [3.05, 3.63) is 17.7 Å². The zero-order chi connectivity index (χ0) is 19.4. The van der Waals surface area contributed by atoms with Crippen molar-refractivity contribution in [2.24, 2.45) is 16.6 Å². The summed E-state index contributed by atoms with van der Waals surface area (Å²) in [5, 5.41) is 19.2. The molecule has 0 amide bonds. The predicted molar refractivity (Wildman–Crippen MR) is 96.2 cm³/mol. The second kappa shape index (κ2) is 5.69. The van der Waals surface area contributed by atoms with Crippen molar-refractivity contribution in [1.29, 1.82) is 10.5 Å². The van der Waals surface area contributed by atoms with E-state index in [0.717, 1.165) is 0 Å². The number of nitrogens with zero attached hydrogens (tertiary/aromatic N) is 2. The van der Waals surface area contributed by atoms with Gasteiger partial charge in [-0.1, -0.05) is 11.8 Å². The first-order valence-corrected chi connectivity index (χ1v) is 9.31. The Balaban J connectivity index is 1.93. The van der Waals surface area contributed by atoms with Crippen LogP contribution in [-0.2, 0) is 4.74 Å². The molecule has 140 valence electrons. The van der Waals surface area contributed by atoms with Gasteiger partial charge in [-0.15, -0.1) is 0 Å². The molecule has 2 aliphatic heterocycles. The summed E-state index contributed by atoms with van der Waals surface area (Å²) in [6, 6.07) is 8.22. The second-order valence-electron chi connectivity index (χ2n) is 6.58. The molecule has 1 saturated carbocycles. The summed E-state index contributed by atoms with van der Waals surface area (Å²) in [5.41, 5.74) is 4.63. The number of amidine groups is 1. The summed E-state index contributed by atoms with van der Waals surface area (Å²) in [6.07, 6.45) is 0. The third kappa shape index (κ3) is 1.78. The Morgan fingerprint density at radius 3 is 2.30 bits per heavy atom. The maximum Gasteiger partial charge on any atom is 0.277 e. The van der Waals surface area contributed by atoms with Crippen LogP contribution in [0.2, 0.25) is 0 Å². The number of benzene rings is 1. The lowest BCUT2D eigenvalue weighted by molar-refractivity contribution is -0.583. The van der Waals surface area contributed by atoms with Crippen LogP contribution in [0, 0.1) is 33.5 Å². The summed E-state index contributed by atoms with van der Waals surface area (Å²) < 4.78 is 22.2. The monoisotopic (exact) mass is 387 g/mol. The standard InChI is InChI=1S/C18H18N4O4S/c1-23-11-6-10(7-12(24-2)13(11)25-3)14-16(8-19)15(21)22-18(17(14,16)9-20)26-4-5-27-18/h6-7,14H,4-5H2,1-3H3,(H2,21,22)/p+1/t14-,16-,17-,18-/m1/s1. The number of thioether (sulfide) groups is 1. The number of methoxy groups -OCH3 is 3. The molecule has 0 radical (unpaired) electrons. The van der Waals surface area contributed by atoms with Gasteiger partial charge in [0.1, 0.15) is 0 Å². The molecule has 4 atom stereocenters. The SMILES string of the molecule is COc1cc([C@H]2[C@@]3(C#N)[C@@]4([NH+]=C(N)[C@@]23C#N)OCCS4)cc(OC)c1OC. The molecule has 0 unspecified atom stereocenters. The highest BCUT2D eigenvalue weighted by molar-refractivity contribution is 8.00. The van der Waals surface area contributed by atoms with Gasteiger partial charge in [0.15, 0.2) is 22.3 Å². The van der Waals surface area contributed by atoms with Gasteiger partial charge in [0.25, 0.3) is 10.9 Å². The molecule has 8 nitrogen and oxygen atoms in total. The fourth-order valence-electron chi connectivity index (χ4n) is 4.59. The van der Waals surface area contributed by atoms with Crippen molar-refractivity contribution < 1.29 is 23.9 Å². The molecule has 9 heteroatoms. The van der Waals surface area contributed by atoms with Gasteiger partial charge >= 0.3 is 0 Å². The molecule has 0 bridgehead atoms. The highest BCUT2D eigenvalue weighted by Crippen LogP contribution is 2.80. The van der Waals surface area contributed by atoms with Crippen LogP contribution in [0.15, 0.2) is 12.1 Å². The zero-order valence-corrected chi connectivity index (χ0v) is 16.0. The van der Waals surface area contributed by atoms with E-state index < -0.39 is 21.8 Å². The van der Waals surface area contributed by atoms with Crippen LogP contribution < -0.4 is 24.9 Å². The van der Waals surface area contributed by atoms with Crippen molar-refractivity contribution in [2.45, 2.75) is 11.0 Å². The Morgan fingerprint density at radius 2 is 1.85 bits per heavy atom. The highest BCUT2D eigenvalue weighted by Gasteiger charge is 2.96. The lowest BCUT2D eigenvalue weighted by Crippen LogP contribution is -2.88. The Kier molecular flexibility index (Phi) is 3.74. The third-order valence-corrected chi connectivity index (χ3v) is 7.03. The van der Waals surface area contributed by atoms with E-state index in [1.165, 1.54) is 33.1 Å². The fourth-order valence-corrected chi connectivity index (χ4v) is 5.94. The average molecular weight is 387 g/mol. The maximum atomic E-state index is 10.2. The largest absolute Gasteiger partial charge is 0.493 e. The molecular weight excluding hydrogens is 368 g/mol. The van der Waals surface area contributed by atoms with Gasteiger partial charge in [0, 0.05) is 11.7 Å². The molecule has 1 aliphatic carbocycles. The molecule has 1 aromatic rings. The van der Waals surface area contributed by atoms with E-state index in [2.05, 4.69) is 17.1 Å². The molecular formula is C18H19N4O4S+. The van der Waals surface area contributed by atoms with E-state index in [1.807, 2.05) is 0 Å². The van der Waals surface area contributed by atoms with E-state index in [4.69, 9.17) is 24.7 Å². The van der Waals surface area contributed by atoms with Crippen LogP contribution in [0.4, 0.5) is 0 Å². The van der Waals surface area contributed by atoms with Gasteiger partial charge in [-0.2, -0.15) is 10.5 Å². The van der Waals surface area contributed by atoms with Crippen molar-refractivity contribution in [2.75, 3.05) is 33.7 Å². The van der Waals surface area contributed by atoms with Crippen LogP contribution in [0.3, 0.4) is 0 Å². The van der Waals surface area contributed by atoms with Crippen LogP contribution in [0.5, 0.6) is 17.2 Å². The van der Waals surface area contributed by atoms with Crippen molar-refractivity contribution in [3.63, 3.8) is 0 Å². The van der Waals surface area contributed by atoms with Crippen molar-refractivity contribution in [3.8, 4) is 29.4 Å². The Hall–Kier alpha value is -2.62. The molecule has 1 spiro atoms. The Labute approximate surface area is 160 Å². The number of fused-ring (bicyclic) bond motifs is 2. The minimum Gasteiger partial charge on any atom is -0.493 e. The van der Waals surface area contributed by atoms with E-state index in [0.29, 0.717) is 35.2 Å². The first-order valence-electron chi connectivity index (χ1n) is 8.33. The van der Waals surface area contributed by atoms with Crippen molar-refractivity contribution in [1.82, 2.24) is 0 Å². The molecule has 1 aromatic carbocycles. The van der Waals surface area contributed by atoms with Crippen LogP contribution >= 0.6 is 11.8 Å². The molecule has 2 heterocycles. The summed E-state index contributed by atoms with van der Waals surface area (Å²) in [7, 11) is 4.57. The second-order valence-corrected chi connectivity index (χ2v) is 7.86. The number of nitriles is 2. The molecule has 3 aliphatic rings. The van der Waals surface area contributed by atoms with Gasteiger partial charge in [-0.25, -0.2) is 4.99 Å². The minimum absolute atomic E-state index is 0.264. The first-order chi connectivity index (χ1) is 13.0. The minimum atomic E-state index is -1.19. The van der Waals surface area contributed by atoms with E-state index in [1.54, 1.807) is 12.1 Å². The maximum absolute atomic E-state index is 10.2. The van der Waals surface area contributed by atoms with Crippen LogP contribution in [0.1, 0.15) is 11.5 Å². The number of rotatable bonds is 4. The van der Waals surface area contributed by atoms with Gasteiger partial charge in [-0.05, 0) is 17.7 Å². The molecule has 1 saturated heterocycles. The summed E-state index contributed by atoms with van der Waals surface area (Å²) in [6.45, 7) is 0.484. The lowest BCUT2D eigenvalue weighted by atomic mass is 9.95. The topological polar surface area (TPSA) is 124 Å². The fraction of sp³-hybridized carbons (Fsp3) is 0.500. The van der Waals surface area contributed by atoms with E-state index in [9.17, 15) is 10.5 Å². The Morgan fingerprint density at radius 1 is 1.19 bits per heavy atom. The molecule has 0 aromatic heterocycles. The molecule has 3 N–H and O–H groups in total. The summed E-state index contributed by atoms with van der Waals surface area (Å²) >= 11 is 1.47. The third-order valence-electron chi connectivity index (χ3n) is 5.71. The number of nitrogens with two attached hydrogens (primary N) is 1. The number of hydrogen-bond acceptors (Lipinski definition) is 8. The quantitative estimate of drug-likeness (QED) is 0.721. The van der Waals surface area contributed by atoms with Gasteiger partial charge < -0.3 is 18.9 Å². The smallest absolute Gasteiger partial charge is 0.277 e. The number of ether oxygens (including phenoxy) is 4. The van der Waals surface area contributed by atoms with Crippen molar-refractivity contribution >= 4 is 17.6 Å². The predicted octanol–water partition coefficient (Wildman–Crippen LogP) is -0.302. The molecule has 27 heavy (non-hydrogen) atoms. The van der Waals surface area contributed by atoms with Crippen LogP contribution in [-0.4, -0.2) is 44.6 Å². The van der Waals surface area contributed by atoms with Gasteiger partial charge in [0.2, 0.25) is 5.75 Å². The van der Waals surface area contributed by atoms with E-state index in [-0.39, 0.29) is 5.84 Å². The molecule has 4 rings (SSSR count). The van der Waals surface area contributed by atoms with Crippen LogP contribution in [0.25, 0.3) is 0 Å². The first kappa shape index (κ1) is 17.8. The Bertz CT molecular complexity index is 905. The summed E-state index contributed by atoms with van der Waals surface area (Å²) in [5.74, 6) is 1.85. The van der Waals surface area contributed by atoms with Gasteiger partial charge in [0.05, 0.1) is 40.1 Å². The number of hydrogen-bond donors (Lipinski definition) is 2. The number of nitrogens with one attached hydrogen (secondary N) is 1. The zero-order valence-electron chi connectivity index (χ0n) is 15.2.